The Labute approximate surface area is 67.4 Å². The van der Waals surface area contributed by atoms with E-state index in [4.69, 9.17) is 9.84 Å². The molecule has 0 atom stereocenters. The van der Waals surface area contributed by atoms with Gasteiger partial charge in [-0.15, -0.1) is 3.89 Å². The molecule has 0 fully saturated rings. The number of aliphatic hydroxyl groups excluding tert-OH is 1. The van der Waals surface area contributed by atoms with Crippen molar-refractivity contribution in [2.45, 2.75) is 6.61 Å². The Bertz CT molecular complexity index is 219. The van der Waals surface area contributed by atoms with E-state index >= 15 is 0 Å². The predicted octanol–water partition coefficient (Wildman–Crippen LogP) is 0.765. The Kier molecular flexibility index (Phi) is 2.72. The van der Waals surface area contributed by atoms with Gasteiger partial charge in [0.1, 0.15) is 5.69 Å². The first-order valence-corrected chi connectivity index (χ1v) is 3.51. The minimum atomic E-state index is -0.292. The number of aliphatic hydroxyl groups is 1. The molecule has 0 amide bonds. The van der Waals surface area contributed by atoms with Gasteiger partial charge in [0, 0.05) is 0 Å². The molecule has 0 aromatic carbocycles. The third-order valence-corrected chi connectivity index (χ3v) is 1.68. The fraction of sp³-hybridized carbons (Fsp3) is 0.400. The standard InChI is InChI=1S/C5H7FN2O2S/c1-10-5-2-7-8(11-6)4(5)3-9/h2,9H,3H2,1H3. The molecule has 1 aromatic rings. The quantitative estimate of drug-likeness (QED) is 0.742. The number of hydrogen-bond donors (Lipinski definition) is 1. The van der Waals surface area contributed by atoms with E-state index in [1.165, 1.54) is 13.3 Å². The summed E-state index contributed by atoms with van der Waals surface area (Å²) in [6, 6.07) is 0. The van der Waals surface area contributed by atoms with E-state index in [1.54, 1.807) is 0 Å². The number of aromatic nitrogens is 2. The molecule has 0 aliphatic carbocycles. The van der Waals surface area contributed by atoms with Crippen LogP contribution in [0.1, 0.15) is 5.69 Å². The molecule has 62 valence electrons. The summed E-state index contributed by atoms with van der Waals surface area (Å²) >= 11 is -0.0782. The highest BCUT2D eigenvalue weighted by atomic mass is 32.2. The molecular formula is C5H7FN2O2S. The highest BCUT2D eigenvalue weighted by molar-refractivity contribution is 7.92. The third-order valence-electron chi connectivity index (χ3n) is 1.23. The lowest BCUT2D eigenvalue weighted by atomic mass is 10.4. The second-order valence-electron chi connectivity index (χ2n) is 1.76. The highest BCUT2D eigenvalue weighted by Gasteiger charge is 2.10. The van der Waals surface area contributed by atoms with Crippen molar-refractivity contribution in [1.82, 2.24) is 9.19 Å². The van der Waals surface area contributed by atoms with E-state index in [1.807, 2.05) is 0 Å². The minimum absolute atomic E-state index is 0.0782. The van der Waals surface area contributed by atoms with Gasteiger partial charge in [-0.25, -0.2) is 0 Å². The smallest absolute Gasteiger partial charge is 0.187 e. The second-order valence-corrected chi connectivity index (χ2v) is 2.24. The summed E-state index contributed by atoms with van der Waals surface area (Å²) in [6.45, 7) is -0.292. The normalized spacial score (nSPS) is 10.1. The average molecular weight is 178 g/mol. The first-order chi connectivity index (χ1) is 5.33. The van der Waals surface area contributed by atoms with Gasteiger partial charge in [0.25, 0.3) is 0 Å². The van der Waals surface area contributed by atoms with E-state index in [2.05, 4.69) is 5.10 Å². The summed E-state index contributed by atoms with van der Waals surface area (Å²) in [7, 11) is 1.43. The fourth-order valence-corrected chi connectivity index (χ4v) is 1.03. The molecular weight excluding hydrogens is 171 g/mol. The van der Waals surface area contributed by atoms with Crippen LogP contribution in [0.2, 0.25) is 0 Å². The maximum atomic E-state index is 12.0. The van der Waals surface area contributed by atoms with Crippen molar-refractivity contribution in [3.05, 3.63) is 11.9 Å². The average Bonchev–Trinajstić information content (AvgIpc) is 2.45. The van der Waals surface area contributed by atoms with Crippen molar-refractivity contribution >= 4 is 12.3 Å². The fourth-order valence-electron chi connectivity index (χ4n) is 0.712. The number of nitrogens with zero attached hydrogens (tertiary/aromatic N) is 2. The van der Waals surface area contributed by atoms with Crippen molar-refractivity contribution in [3.8, 4) is 5.75 Å². The predicted molar refractivity (Wildman–Crippen MR) is 38.8 cm³/mol. The van der Waals surface area contributed by atoms with E-state index in [-0.39, 0.29) is 18.9 Å². The van der Waals surface area contributed by atoms with Gasteiger partial charge in [0.05, 0.1) is 19.9 Å². The lowest BCUT2D eigenvalue weighted by Gasteiger charge is -1.99. The van der Waals surface area contributed by atoms with Crippen LogP contribution < -0.4 is 4.74 Å². The molecule has 6 heteroatoms. The number of methoxy groups -OCH3 is 1. The van der Waals surface area contributed by atoms with Gasteiger partial charge in [-0.3, -0.25) is 0 Å². The van der Waals surface area contributed by atoms with Crippen molar-refractivity contribution < 1.29 is 13.7 Å². The van der Waals surface area contributed by atoms with Gasteiger partial charge >= 0.3 is 0 Å². The van der Waals surface area contributed by atoms with Crippen LogP contribution in [-0.2, 0) is 6.61 Å². The zero-order chi connectivity index (χ0) is 8.27. The molecule has 1 heterocycles. The van der Waals surface area contributed by atoms with E-state index in [0.29, 0.717) is 11.4 Å². The Morgan fingerprint density at radius 3 is 3.09 bits per heavy atom. The summed E-state index contributed by atoms with van der Waals surface area (Å²) in [5.74, 6) is 0.387. The number of halogens is 1. The molecule has 0 aliphatic rings. The van der Waals surface area contributed by atoms with Gasteiger partial charge < -0.3 is 9.84 Å². The first kappa shape index (κ1) is 8.35. The van der Waals surface area contributed by atoms with Crippen LogP contribution in [0, 0.1) is 0 Å². The van der Waals surface area contributed by atoms with Gasteiger partial charge in [0.15, 0.2) is 18.1 Å². The molecule has 0 saturated carbocycles. The summed E-state index contributed by atoms with van der Waals surface area (Å²) in [6.07, 6.45) is 1.35. The molecule has 4 nitrogen and oxygen atoms in total. The molecule has 1 rings (SSSR count). The number of rotatable bonds is 3. The number of hydrogen-bond acceptors (Lipinski definition) is 4. The molecule has 0 radical (unpaired) electrons. The van der Waals surface area contributed by atoms with Gasteiger partial charge in [-0.2, -0.15) is 9.19 Å². The van der Waals surface area contributed by atoms with Crippen LogP contribution in [0.5, 0.6) is 5.75 Å². The molecule has 0 spiro atoms. The Morgan fingerprint density at radius 1 is 1.91 bits per heavy atom. The number of ether oxygens (including phenoxy) is 1. The molecule has 0 saturated heterocycles. The first-order valence-electron chi connectivity index (χ1n) is 2.84. The lowest BCUT2D eigenvalue weighted by Crippen LogP contribution is -1.96. The van der Waals surface area contributed by atoms with E-state index in [9.17, 15) is 3.89 Å². The molecule has 0 unspecified atom stereocenters. The third kappa shape index (κ3) is 1.46. The molecule has 0 bridgehead atoms. The van der Waals surface area contributed by atoms with Crippen molar-refractivity contribution in [1.29, 1.82) is 0 Å². The maximum absolute atomic E-state index is 12.0. The summed E-state index contributed by atoms with van der Waals surface area (Å²) in [4.78, 5) is 0. The molecule has 0 aliphatic heterocycles. The van der Waals surface area contributed by atoms with Crippen LogP contribution in [-0.4, -0.2) is 21.4 Å². The summed E-state index contributed by atoms with van der Waals surface area (Å²) < 4.78 is 17.7. The molecule has 1 aromatic heterocycles. The lowest BCUT2D eigenvalue weighted by molar-refractivity contribution is 0.267. The van der Waals surface area contributed by atoms with Crippen molar-refractivity contribution in [2.75, 3.05) is 7.11 Å². The zero-order valence-corrected chi connectivity index (χ0v) is 6.64. The van der Waals surface area contributed by atoms with Crippen molar-refractivity contribution in [3.63, 3.8) is 0 Å². The molecule has 1 N–H and O–H groups in total. The maximum Gasteiger partial charge on any atom is 0.187 e. The summed E-state index contributed by atoms with van der Waals surface area (Å²) in [5.41, 5.74) is 0.319. The zero-order valence-electron chi connectivity index (χ0n) is 5.82. The van der Waals surface area contributed by atoms with Crippen LogP contribution in [0.3, 0.4) is 0 Å². The van der Waals surface area contributed by atoms with E-state index in [0.717, 1.165) is 4.09 Å². The largest absolute Gasteiger partial charge is 0.493 e. The van der Waals surface area contributed by atoms with Gasteiger partial charge in [0.2, 0.25) is 0 Å². The van der Waals surface area contributed by atoms with Gasteiger partial charge in [-0.05, 0) is 0 Å². The Hall–Kier alpha value is -0.750. The monoisotopic (exact) mass is 178 g/mol. The topological polar surface area (TPSA) is 47.3 Å². The van der Waals surface area contributed by atoms with Crippen molar-refractivity contribution in [2.24, 2.45) is 0 Å². The van der Waals surface area contributed by atoms with Crippen LogP contribution in [0.4, 0.5) is 3.89 Å². The highest BCUT2D eigenvalue weighted by Crippen LogP contribution is 2.21. The van der Waals surface area contributed by atoms with Crippen LogP contribution in [0.25, 0.3) is 0 Å². The SMILES string of the molecule is COc1cnn(SF)c1CO. The van der Waals surface area contributed by atoms with Crippen LogP contribution in [0.15, 0.2) is 6.20 Å². The van der Waals surface area contributed by atoms with Gasteiger partial charge in [-0.1, -0.05) is 0 Å². The minimum Gasteiger partial charge on any atom is -0.493 e. The Balaban J connectivity index is 2.99. The van der Waals surface area contributed by atoms with Crippen LogP contribution >= 0.6 is 12.3 Å². The van der Waals surface area contributed by atoms with E-state index < -0.39 is 0 Å². The molecule has 11 heavy (non-hydrogen) atoms. The summed E-state index contributed by atoms with van der Waals surface area (Å²) in [5, 5.41) is 12.3. The second kappa shape index (κ2) is 3.59. The Morgan fingerprint density at radius 2 is 2.64 bits per heavy atom.